The summed E-state index contributed by atoms with van der Waals surface area (Å²) >= 11 is 0. The summed E-state index contributed by atoms with van der Waals surface area (Å²) in [5.74, 6) is -3.20. The molecule has 10 aromatic carbocycles. The van der Waals surface area contributed by atoms with E-state index in [1.54, 1.807) is 62.8 Å². The second kappa shape index (κ2) is 44.0. The Kier molecular flexibility index (Phi) is 32.2. The first-order valence-electron chi connectivity index (χ1n) is 40.2. The Morgan fingerprint density at radius 1 is 0.373 bits per heavy atom. The largest absolute Gasteiger partial charge is 0.497 e. The van der Waals surface area contributed by atoms with Crippen LogP contribution in [0, 0.1) is 0 Å². The Balaban J connectivity index is 0.778. The minimum absolute atomic E-state index is 0.129. The number of aliphatic hydroxyl groups is 2. The third-order valence-corrected chi connectivity index (χ3v) is 21.3. The van der Waals surface area contributed by atoms with Crippen molar-refractivity contribution in [2.24, 2.45) is 0 Å². The van der Waals surface area contributed by atoms with Gasteiger partial charge in [0.25, 0.3) is 11.8 Å². The Morgan fingerprint density at radius 2 is 0.695 bits per heavy atom. The van der Waals surface area contributed by atoms with Crippen LogP contribution in [0.1, 0.15) is 107 Å². The van der Waals surface area contributed by atoms with E-state index in [2.05, 4.69) is 115 Å². The second-order valence-corrected chi connectivity index (χ2v) is 29.1. The molecule has 0 bridgehead atoms. The van der Waals surface area contributed by atoms with Crippen LogP contribution in [0.15, 0.2) is 291 Å². The number of hydrogen-bond donors (Lipinski definition) is 10. The summed E-state index contributed by atoms with van der Waals surface area (Å²) in [6, 6.07) is 85.0. The van der Waals surface area contributed by atoms with Gasteiger partial charge in [-0.2, -0.15) is 0 Å². The molecule has 0 aromatic heterocycles. The van der Waals surface area contributed by atoms with Gasteiger partial charge in [-0.3, -0.25) is 69.4 Å². The number of nitrogens with one attached hydrogen (secondary N) is 8. The molecule has 8 amide bonds. The second-order valence-electron chi connectivity index (χ2n) is 29.1. The van der Waals surface area contributed by atoms with E-state index in [9.17, 15) is 48.6 Å². The van der Waals surface area contributed by atoms with E-state index >= 15 is 0 Å². The highest BCUT2D eigenvalue weighted by Gasteiger charge is 2.39. The van der Waals surface area contributed by atoms with Crippen LogP contribution in [0.2, 0.25) is 0 Å². The van der Waals surface area contributed by atoms with Crippen LogP contribution in [0.4, 0.5) is 11.4 Å². The fourth-order valence-corrected chi connectivity index (χ4v) is 15.0. The van der Waals surface area contributed by atoms with Crippen molar-refractivity contribution in [3.8, 4) is 11.5 Å². The average Bonchev–Trinajstić information content (AvgIpc) is 0.780. The molecule has 1 aliphatic rings. The number of unbranched alkanes of at least 4 members (excludes halogenated alkanes) is 2. The number of aliphatic hydroxyl groups excluding tert-OH is 2. The number of anilines is 2. The van der Waals surface area contributed by atoms with Gasteiger partial charge in [-0.05, 0) is 156 Å². The molecule has 1 heterocycles. The zero-order valence-corrected chi connectivity index (χ0v) is 66.6. The number of nitrogens with zero attached hydrogens (tertiary/aromatic N) is 2. The Hall–Kier alpha value is -12.5. The maximum Gasteiger partial charge on any atom is 0.253 e. The van der Waals surface area contributed by atoms with Gasteiger partial charge in [0.2, 0.25) is 35.4 Å². The number of ether oxygens (including phenoxy) is 2. The number of hydrogen-bond acceptors (Lipinski definition) is 16. The van der Waals surface area contributed by atoms with Gasteiger partial charge in [0.1, 0.15) is 11.5 Å². The standard InChI is InChI=1S/C96H104N10O12/c1-117-81-51-43-77(44-52-81)95(73-29-13-5-14-30-73,74-31-15-6-16-32-74)99-59-23-21-37-83(93(115)101-79-47-39-71(67-107)40-48-79)103-85(65-69-25-9-3-10-26-69)91(113)97-61-57-89(111)106(64-63-105-87(109)55-56-88(105)110)90(112)58-62-98-92(114)86(66-70-27-11-4-12-28-70)104-84(94(116)102-80-49-41-72(68-108)42-50-80)38-22-24-60-100-96(75-33-17-7-18-34-75,76-35-19-8-20-36-76)78-45-53-82(118-2)54-46-78/h3-20,25-36,39-56,83-86,99-100,103-104,107-108H,21-24,37-38,57-68H2,1-2H3,(H,97,113)(H,98,114)(H,101,115)(H,102,116)/t83-,84-,85-,86-/m0/s1. The van der Waals surface area contributed by atoms with Crippen molar-refractivity contribution in [3.05, 3.63) is 347 Å². The molecule has 0 unspecified atom stereocenters. The third kappa shape index (κ3) is 23.4. The van der Waals surface area contributed by atoms with Gasteiger partial charge in [-0.15, -0.1) is 0 Å². The van der Waals surface area contributed by atoms with Crippen molar-refractivity contribution < 1.29 is 58.0 Å². The Bertz CT molecular complexity index is 4520. The number of rotatable bonds is 45. The first-order chi connectivity index (χ1) is 57.6. The van der Waals surface area contributed by atoms with Crippen LogP contribution < -0.4 is 52.0 Å². The lowest BCUT2D eigenvalue weighted by Crippen LogP contribution is -2.54. The van der Waals surface area contributed by atoms with Crippen molar-refractivity contribution in [2.75, 3.05) is 64.1 Å². The molecule has 0 saturated carbocycles. The van der Waals surface area contributed by atoms with E-state index in [1.165, 1.54) is 0 Å². The summed E-state index contributed by atoms with van der Waals surface area (Å²) in [5, 5.41) is 46.2. The number of carbonyl (C=O) groups excluding carboxylic acids is 8. The molecule has 0 radical (unpaired) electrons. The smallest absolute Gasteiger partial charge is 0.253 e. The van der Waals surface area contributed by atoms with Gasteiger partial charge in [0.05, 0.1) is 62.7 Å². The lowest BCUT2D eigenvalue weighted by molar-refractivity contribution is -0.147. The van der Waals surface area contributed by atoms with E-state index in [0.29, 0.717) is 72.8 Å². The number of carbonyl (C=O) groups is 8. The average molecular weight is 1590 g/mol. The normalized spacial score (nSPS) is 13.0. The van der Waals surface area contributed by atoms with Crippen molar-refractivity contribution in [3.63, 3.8) is 0 Å². The molecule has 610 valence electrons. The van der Waals surface area contributed by atoms with Gasteiger partial charge in [-0.25, -0.2) is 0 Å². The molecule has 10 aromatic rings. The highest BCUT2D eigenvalue weighted by molar-refractivity contribution is 6.13. The molecule has 22 heteroatoms. The van der Waals surface area contributed by atoms with Crippen molar-refractivity contribution in [2.45, 2.75) is 113 Å². The summed E-state index contributed by atoms with van der Waals surface area (Å²) in [4.78, 5) is 116. The van der Waals surface area contributed by atoms with Gasteiger partial charge >= 0.3 is 0 Å². The summed E-state index contributed by atoms with van der Waals surface area (Å²) < 4.78 is 11.1. The van der Waals surface area contributed by atoms with Crippen LogP contribution in [0.5, 0.6) is 11.5 Å². The van der Waals surface area contributed by atoms with Gasteiger partial charge in [0.15, 0.2) is 0 Å². The van der Waals surface area contributed by atoms with Crippen molar-refractivity contribution in [1.29, 1.82) is 0 Å². The molecule has 0 fully saturated rings. The summed E-state index contributed by atoms with van der Waals surface area (Å²) in [6.45, 7) is -0.655. The maximum absolute atomic E-state index is 14.9. The first kappa shape index (κ1) is 86.3. The molecular formula is C96H104N10O12. The summed E-state index contributed by atoms with van der Waals surface area (Å²) in [7, 11) is 3.27. The van der Waals surface area contributed by atoms with E-state index in [-0.39, 0.29) is 58.5 Å². The Labute approximate surface area is 689 Å². The highest BCUT2D eigenvalue weighted by atomic mass is 16.5. The molecular weight excluding hydrogens is 1490 g/mol. The molecule has 118 heavy (non-hydrogen) atoms. The number of benzene rings is 10. The quantitative estimate of drug-likeness (QED) is 0.00964. The SMILES string of the molecule is COc1ccc(C(NCCCC[C@H](N[C@@H](Cc2ccccc2)C(=O)NCCC(=O)N(CCN2C(=O)C=CC2=O)C(=O)CCNC(=O)[C@H](Cc2ccccc2)N[C@@H](CCCCNC(c2ccccc2)(c2ccccc2)c2ccc(OC)cc2)C(=O)Nc2ccc(CO)cc2)C(=O)Nc2ccc(CO)cc2)(c2ccccc2)c2ccccc2)cc1. The molecule has 0 aliphatic carbocycles. The number of methoxy groups -OCH3 is 2. The van der Waals surface area contributed by atoms with Crippen molar-refractivity contribution in [1.82, 2.24) is 41.7 Å². The molecule has 10 N–H and O–H groups in total. The predicted octanol–water partition coefficient (Wildman–Crippen LogP) is 11.2. The van der Waals surface area contributed by atoms with E-state index in [1.807, 2.05) is 158 Å². The molecule has 0 spiro atoms. The minimum Gasteiger partial charge on any atom is -0.497 e. The fourth-order valence-electron chi connectivity index (χ4n) is 15.0. The van der Waals surface area contributed by atoms with Gasteiger partial charge < -0.3 is 41.0 Å². The molecule has 0 saturated heterocycles. The van der Waals surface area contributed by atoms with Gasteiger partial charge in [0, 0.05) is 62.5 Å². The molecule has 11 rings (SSSR count). The lowest BCUT2D eigenvalue weighted by atomic mass is 9.77. The molecule has 4 atom stereocenters. The predicted molar refractivity (Wildman–Crippen MR) is 457 cm³/mol. The lowest BCUT2D eigenvalue weighted by Gasteiger charge is -2.37. The molecule has 22 nitrogen and oxygen atoms in total. The highest BCUT2D eigenvalue weighted by Crippen LogP contribution is 2.40. The van der Waals surface area contributed by atoms with Gasteiger partial charge in [-0.1, -0.05) is 243 Å². The summed E-state index contributed by atoms with van der Waals surface area (Å²) in [5.41, 5.74) is 8.28. The van der Waals surface area contributed by atoms with E-state index in [0.717, 1.165) is 66.5 Å². The number of imide groups is 2. The van der Waals surface area contributed by atoms with Crippen LogP contribution >= 0.6 is 0 Å². The minimum atomic E-state index is -1.04. The Morgan fingerprint density at radius 3 is 1.02 bits per heavy atom. The van der Waals surface area contributed by atoms with Crippen LogP contribution in [0.3, 0.4) is 0 Å². The zero-order valence-electron chi connectivity index (χ0n) is 66.6. The fraction of sp³-hybridized carbons (Fsp3) is 0.271. The summed E-state index contributed by atoms with van der Waals surface area (Å²) in [6.07, 6.45) is 4.43. The van der Waals surface area contributed by atoms with Crippen LogP contribution in [-0.4, -0.2) is 145 Å². The first-order valence-corrected chi connectivity index (χ1v) is 40.2. The third-order valence-electron chi connectivity index (χ3n) is 21.3. The van der Waals surface area contributed by atoms with Crippen LogP contribution in [-0.2, 0) is 75.5 Å². The van der Waals surface area contributed by atoms with E-state index < -0.39 is 102 Å². The zero-order chi connectivity index (χ0) is 82.9. The van der Waals surface area contributed by atoms with Crippen LogP contribution in [0.25, 0.3) is 0 Å². The monoisotopic (exact) mass is 1590 g/mol. The number of amides is 8. The topological polar surface area (TPSA) is 298 Å². The maximum atomic E-state index is 14.9. The van der Waals surface area contributed by atoms with E-state index in [4.69, 9.17) is 9.47 Å². The van der Waals surface area contributed by atoms with Crippen molar-refractivity contribution >= 4 is 58.6 Å². The molecule has 1 aliphatic heterocycles.